The fourth-order valence-corrected chi connectivity index (χ4v) is 4.91. The summed E-state index contributed by atoms with van der Waals surface area (Å²) >= 11 is 10.0. The molecule has 2 aliphatic rings. The van der Waals surface area contributed by atoms with Crippen LogP contribution in [0.3, 0.4) is 0 Å². The quantitative estimate of drug-likeness (QED) is 0.438. The summed E-state index contributed by atoms with van der Waals surface area (Å²) in [4.78, 5) is 52.8. The molecule has 4 amide bonds. The van der Waals surface area contributed by atoms with Gasteiger partial charge < -0.3 is 24.4 Å². The van der Waals surface area contributed by atoms with Crippen LogP contribution in [0.1, 0.15) is 5.56 Å². The van der Waals surface area contributed by atoms with Gasteiger partial charge in [0.15, 0.2) is 18.1 Å². The molecule has 2 saturated heterocycles. The van der Waals surface area contributed by atoms with Crippen molar-refractivity contribution in [3.63, 3.8) is 0 Å². The number of rotatable bonds is 8. The molecule has 0 aromatic heterocycles. The first-order valence-electron chi connectivity index (χ1n) is 11.4. The van der Waals surface area contributed by atoms with Crippen LogP contribution < -0.4 is 14.8 Å². The van der Waals surface area contributed by atoms with Gasteiger partial charge in [0, 0.05) is 23.2 Å². The van der Waals surface area contributed by atoms with Gasteiger partial charge in [0.2, 0.25) is 5.91 Å². The van der Waals surface area contributed by atoms with E-state index < -0.39 is 23.6 Å². The first kappa shape index (κ1) is 28.0. The van der Waals surface area contributed by atoms with E-state index in [9.17, 15) is 19.2 Å². The topological polar surface area (TPSA) is 114 Å². The number of carbonyl (C=O) groups is 4. The zero-order chi connectivity index (χ0) is 27.2. The van der Waals surface area contributed by atoms with Crippen LogP contribution in [-0.2, 0) is 19.1 Å². The average Bonchev–Trinajstić information content (AvgIpc) is 3.17. The largest absolute Gasteiger partial charge is 0.493 e. The highest BCUT2D eigenvalue weighted by Gasteiger charge is 2.36. The third-order valence-corrected chi connectivity index (χ3v) is 7.72. The number of nitrogens with zero attached hydrogens (tertiary/aromatic N) is 2. The maximum atomic E-state index is 12.9. The van der Waals surface area contributed by atoms with Crippen molar-refractivity contribution in [1.29, 1.82) is 0 Å². The van der Waals surface area contributed by atoms with Crippen LogP contribution in [0, 0.1) is 0 Å². The number of amides is 4. The zero-order valence-electron chi connectivity index (χ0n) is 20.2. The van der Waals surface area contributed by atoms with E-state index in [0.717, 1.165) is 16.7 Å². The van der Waals surface area contributed by atoms with Crippen molar-refractivity contribution in [2.45, 2.75) is 0 Å². The molecule has 10 nitrogen and oxygen atoms in total. The van der Waals surface area contributed by atoms with Crippen LogP contribution in [0.2, 0.25) is 5.02 Å². The van der Waals surface area contributed by atoms with E-state index in [1.54, 1.807) is 41.3 Å². The number of halogens is 2. The second-order valence-electron chi connectivity index (χ2n) is 8.14. The molecule has 0 unspecified atom stereocenters. The van der Waals surface area contributed by atoms with Crippen molar-refractivity contribution >= 4 is 74.0 Å². The van der Waals surface area contributed by atoms with Gasteiger partial charge in [-0.3, -0.25) is 24.1 Å². The zero-order valence-corrected chi connectivity index (χ0v) is 23.4. The van der Waals surface area contributed by atoms with E-state index in [1.165, 1.54) is 13.2 Å². The minimum atomic E-state index is -0.584. The summed E-state index contributed by atoms with van der Waals surface area (Å²) in [6, 6.07) is 9.80. The van der Waals surface area contributed by atoms with E-state index >= 15 is 0 Å². The molecule has 1 N–H and O–H groups in total. The van der Waals surface area contributed by atoms with Crippen LogP contribution in [0.5, 0.6) is 11.5 Å². The van der Waals surface area contributed by atoms with Crippen LogP contribution in [-0.4, -0.2) is 79.3 Å². The Kier molecular flexibility index (Phi) is 9.31. The number of nitrogens with one attached hydrogen (secondary N) is 1. The molecule has 0 radical (unpaired) electrons. The van der Waals surface area contributed by atoms with Crippen molar-refractivity contribution in [1.82, 2.24) is 9.80 Å². The summed E-state index contributed by atoms with van der Waals surface area (Å²) in [5, 5.41) is 2.47. The molecular formula is C25H23BrClN3O7S. The summed E-state index contributed by atoms with van der Waals surface area (Å²) in [6.45, 7) is 1.45. The smallest absolute Gasteiger partial charge is 0.294 e. The molecule has 13 heteroatoms. The van der Waals surface area contributed by atoms with E-state index in [-0.39, 0.29) is 17.4 Å². The number of ether oxygens (including phenoxy) is 3. The lowest BCUT2D eigenvalue weighted by atomic mass is 10.2. The maximum Gasteiger partial charge on any atom is 0.294 e. The van der Waals surface area contributed by atoms with Crippen molar-refractivity contribution in [3.8, 4) is 11.5 Å². The number of anilines is 1. The molecule has 0 bridgehead atoms. The van der Waals surface area contributed by atoms with Gasteiger partial charge in [-0.1, -0.05) is 17.7 Å². The summed E-state index contributed by atoms with van der Waals surface area (Å²) < 4.78 is 17.0. The molecule has 200 valence electrons. The SMILES string of the molecule is COc1cc(/C=C2\SC(=O)N(CC(=O)Nc3ccc(Br)c(Cl)c3)C2=O)ccc1OCC(=O)N1CCOCC1. The van der Waals surface area contributed by atoms with Gasteiger partial charge >= 0.3 is 0 Å². The Labute approximate surface area is 236 Å². The Morgan fingerprint density at radius 2 is 1.92 bits per heavy atom. The second-order valence-corrected chi connectivity index (χ2v) is 10.4. The summed E-state index contributed by atoms with van der Waals surface area (Å²) in [5.41, 5.74) is 1.01. The highest BCUT2D eigenvalue weighted by molar-refractivity contribution is 9.10. The Hall–Kier alpha value is -3.06. The summed E-state index contributed by atoms with van der Waals surface area (Å²) in [7, 11) is 1.46. The minimum absolute atomic E-state index is 0.150. The van der Waals surface area contributed by atoms with E-state index in [0.29, 0.717) is 58.5 Å². The third kappa shape index (κ3) is 6.87. The number of carbonyl (C=O) groups excluding carboxylic acids is 4. The standard InChI is InChI=1S/C25H23BrClN3O7S/c1-35-20-10-15(2-5-19(20)37-14-23(32)29-6-8-36-9-7-29)11-21-24(33)30(25(34)38-21)13-22(31)28-16-3-4-17(26)18(27)12-16/h2-5,10-12H,6-9,13-14H2,1H3,(H,28,31)/b21-11-. The Morgan fingerprint density at radius 1 is 1.16 bits per heavy atom. The van der Waals surface area contributed by atoms with Gasteiger partial charge in [-0.15, -0.1) is 0 Å². The Morgan fingerprint density at radius 3 is 2.63 bits per heavy atom. The Balaban J connectivity index is 1.38. The summed E-state index contributed by atoms with van der Waals surface area (Å²) in [5.74, 6) is -0.550. The van der Waals surface area contributed by atoms with E-state index in [2.05, 4.69) is 21.2 Å². The lowest BCUT2D eigenvalue weighted by Crippen LogP contribution is -2.43. The van der Waals surface area contributed by atoms with Crippen LogP contribution in [0.4, 0.5) is 10.5 Å². The first-order valence-corrected chi connectivity index (χ1v) is 13.4. The molecule has 2 heterocycles. The molecule has 2 aromatic rings. The van der Waals surface area contributed by atoms with Crippen molar-refractivity contribution < 1.29 is 33.4 Å². The lowest BCUT2D eigenvalue weighted by molar-refractivity contribution is -0.137. The number of thioether (sulfide) groups is 1. The van der Waals surface area contributed by atoms with Crippen molar-refractivity contribution in [3.05, 3.63) is 56.4 Å². The average molecular weight is 625 g/mol. The van der Waals surface area contributed by atoms with Gasteiger partial charge in [0.05, 0.1) is 30.3 Å². The van der Waals surface area contributed by atoms with Crippen LogP contribution in [0.25, 0.3) is 6.08 Å². The molecule has 0 spiro atoms. The van der Waals surface area contributed by atoms with Gasteiger partial charge in [0.25, 0.3) is 17.1 Å². The fraction of sp³-hybridized carbons (Fsp3) is 0.280. The number of hydrogen-bond donors (Lipinski definition) is 1. The third-order valence-electron chi connectivity index (χ3n) is 5.58. The van der Waals surface area contributed by atoms with E-state index in [1.807, 2.05) is 0 Å². The molecule has 0 atom stereocenters. The normalized spacial score (nSPS) is 16.7. The van der Waals surface area contributed by atoms with Crippen molar-refractivity contribution in [2.24, 2.45) is 0 Å². The maximum absolute atomic E-state index is 12.9. The molecule has 38 heavy (non-hydrogen) atoms. The fourth-order valence-electron chi connectivity index (χ4n) is 3.64. The predicted molar refractivity (Wildman–Crippen MR) is 146 cm³/mol. The first-order chi connectivity index (χ1) is 18.2. The molecule has 0 saturated carbocycles. The number of methoxy groups -OCH3 is 1. The number of benzene rings is 2. The van der Waals surface area contributed by atoms with Gasteiger partial charge in [-0.2, -0.15) is 0 Å². The van der Waals surface area contributed by atoms with Gasteiger partial charge in [-0.05, 0) is 69.7 Å². The monoisotopic (exact) mass is 623 g/mol. The molecule has 2 fully saturated rings. The van der Waals surface area contributed by atoms with Gasteiger partial charge in [0.1, 0.15) is 6.54 Å². The van der Waals surface area contributed by atoms with Gasteiger partial charge in [-0.25, -0.2) is 0 Å². The highest BCUT2D eigenvalue weighted by Crippen LogP contribution is 2.34. The summed E-state index contributed by atoms with van der Waals surface area (Å²) in [6.07, 6.45) is 1.53. The number of morpholine rings is 1. The molecule has 2 aliphatic heterocycles. The second kappa shape index (κ2) is 12.7. The Bertz CT molecular complexity index is 1300. The lowest BCUT2D eigenvalue weighted by Gasteiger charge is -2.26. The molecule has 0 aliphatic carbocycles. The highest BCUT2D eigenvalue weighted by atomic mass is 79.9. The number of hydrogen-bond acceptors (Lipinski definition) is 8. The number of imide groups is 1. The minimum Gasteiger partial charge on any atom is -0.493 e. The molecule has 2 aromatic carbocycles. The molecular weight excluding hydrogens is 602 g/mol. The molecule has 4 rings (SSSR count). The van der Waals surface area contributed by atoms with Crippen LogP contribution in [0.15, 0.2) is 45.8 Å². The van der Waals surface area contributed by atoms with Crippen LogP contribution >= 0.6 is 39.3 Å². The predicted octanol–water partition coefficient (Wildman–Crippen LogP) is 4.02. The van der Waals surface area contributed by atoms with Crippen molar-refractivity contribution in [2.75, 3.05) is 51.9 Å². The van der Waals surface area contributed by atoms with E-state index in [4.69, 9.17) is 25.8 Å².